The van der Waals surface area contributed by atoms with Gasteiger partial charge in [-0.15, -0.1) is 0 Å². The summed E-state index contributed by atoms with van der Waals surface area (Å²) in [5.74, 6) is -0.0272. The molecule has 1 heterocycles. The quantitative estimate of drug-likeness (QED) is 0.804. The standard InChI is InChI=1S/C14H20N2OS/c1-9-8-10(2)15-14(18)12(9)13(17)16-11-6-4-3-5-7-11/h8,11H,3-7H2,1-2H3,(H,15,18)(H,16,17). The number of carbonyl (C=O) groups excluding carboxylic acids is 1. The number of hydrogen-bond acceptors (Lipinski definition) is 2. The summed E-state index contributed by atoms with van der Waals surface area (Å²) in [6.45, 7) is 3.89. The van der Waals surface area contributed by atoms with Gasteiger partial charge in [-0.3, -0.25) is 4.79 Å². The Morgan fingerprint density at radius 1 is 1.33 bits per heavy atom. The molecule has 1 aromatic heterocycles. The zero-order chi connectivity index (χ0) is 13.1. The second-order valence-corrected chi connectivity index (χ2v) is 5.56. The zero-order valence-corrected chi connectivity index (χ0v) is 11.8. The number of amides is 1. The highest BCUT2D eigenvalue weighted by Crippen LogP contribution is 2.18. The predicted octanol–water partition coefficient (Wildman–Crippen LogP) is 3.42. The van der Waals surface area contributed by atoms with E-state index in [1.165, 1.54) is 19.3 Å². The van der Waals surface area contributed by atoms with E-state index in [-0.39, 0.29) is 5.91 Å². The summed E-state index contributed by atoms with van der Waals surface area (Å²) in [5, 5.41) is 3.11. The lowest BCUT2D eigenvalue weighted by Gasteiger charge is -2.23. The second kappa shape index (κ2) is 5.65. The predicted molar refractivity (Wildman–Crippen MR) is 75.4 cm³/mol. The van der Waals surface area contributed by atoms with Gasteiger partial charge in [-0.2, -0.15) is 0 Å². The molecule has 1 fully saturated rings. The fourth-order valence-electron chi connectivity index (χ4n) is 2.64. The van der Waals surface area contributed by atoms with Gasteiger partial charge in [0.15, 0.2) is 0 Å². The maximum atomic E-state index is 12.3. The van der Waals surface area contributed by atoms with Crippen molar-refractivity contribution in [1.29, 1.82) is 0 Å². The first-order chi connectivity index (χ1) is 8.58. The molecule has 2 N–H and O–H groups in total. The van der Waals surface area contributed by atoms with Crippen LogP contribution in [0.2, 0.25) is 0 Å². The van der Waals surface area contributed by atoms with Crippen LogP contribution >= 0.6 is 12.2 Å². The third kappa shape index (κ3) is 2.99. The molecule has 0 unspecified atom stereocenters. The van der Waals surface area contributed by atoms with Crippen molar-refractivity contribution in [3.8, 4) is 0 Å². The van der Waals surface area contributed by atoms with E-state index < -0.39 is 0 Å². The fourth-order valence-corrected chi connectivity index (χ4v) is 3.06. The molecule has 0 radical (unpaired) electrons. The van der Waals surface area contributed by atoms with Crippen molar-refractivity contribution in [3.63, 3.8) is 0 Å². The average Bonchev–Trinajstić information content (AvgIpc) is 2.28. The summed E-state index contributed by atoms with van der Waals surface area (Å²) >= 11 is 5.25. The molecule has 98 valence electrons. The van der Waals surface area contributed by atoms with Crippen molar-refractivity contribution in [2.24, 2.45) is 0 Å². The van der Waals surface area contributed by atoms with Crippen molar-refractivity contribution < 1.29 is 4.79 Å². The van der Waals surface area contributed by atoms with E-state index in [1.807, 2.05) is 19.9 Å². The van der Waals surface area contributed by atoms with Crippen molar-refractivity contribution in [3.05, 3.63) is 27.5 Å². The third-order valence-corrected chi connectivity index (χ3v) is 3.84. The van der Waals surface area contributed by atoms with Gasteiger partial charge in [-0.05, 0) is 38.3 Å². The number of pyridine rings is 1. The first-order valence-corrected chi connectivity index (χ1v) is 7.00. The average molecular weight is 264 g/mol. The molecule has 0 aliphatic heterocycles. The molecule has 1 saturated carbocycles. The highest BCUT2D eigenvalue weighted by Gasteiger charge is 2.18. The summed E-state index contributed by atoms with van der Waals surface area (Å²) in [6, 6.07) is 2.28. The van der Waals surface area contributed by atoms with E-state index in [0.29, 0.717) is 16.2 Å². The molecule has 1 aliphatic carbocycles. The van der Waals surface area contributed by atoms with Crippen molar-refractivity contribution in [2.45, 2.75) is 52.0 Å². The van der Waals surface area contributed by atoms with Crippen LogP contribution in [0.4, 0.5) is 0 Å². The van der Waals surface area contributed by atoms with Crippen LogP contribution in [-0.2, 0) is 0 Å². The third-order valence-electron chi connectivity index (χ3n) is 3.53. The topological polar surface area (TPSA) is 44.9 Å². The smallest absolute Gasteiger partial charge is 0.254 e. The van der Waals surface area contributed by atoms with Crippen molar-refractivity contribution >= 4 is 18.1 Å². The van der Waals surface area contributed by atoms with Crippen LogP contribution in [0.15, 0.2) is 6.07 Å². The monoisotopic (exact) mass is 264 g/mol. The van der Waals surface area contributed by atoms with Crippen LogP contribution in [-0.4, -0.2) is 16.9 Å². The van der Waals surface area contributed by atoms with E-state index >= 15 is 0 Å². The largest absolute Gasteiger partial charge is 0.350 e. The zero-order valence-electron chi connectivity index (χ0n) is 11.0. The van der Waals surface area contributed by atoms with E-state index in [9.17, 15) is 4.79 Å². The van der Waals surface area contributed by atoms with E-state index in [4.69, 9.17) is 12.2 Å². The minimum Gasteiger partial charge on any atom is -0.350 e. The number of hydrogen-bond donors (Lipinski definition) is 2. The number of H-pyrrole nitrogens is 1. The number of aromatic nitrogens is 1. The Labute approximate surface area is 113 Å². The van der Waals surface area contributed by atoms with Gasteiger partial charge < -0.3 is 10.3 Å². The molecule has 0 aromatic carbocycles. The van der Waals surface area contributed by atoms with Gasteiger partial charge in [0.05, 0.1) is 5.56 Å². The van der Waals surface area contributed by atoms with Crippen LogP contribution in [0.3, 0.4) is 0 Å². The molecule has 3 nitrogen and oxygen atoms in total. The second-order valence-electron chi connectivity index (χ2n) is 5.15. The summed E-state index contributed by atoms with van der Waals surface area (Å²) in [7, 11) is 0. The molecule has 0 bridgehead atoms. The summed E-state index contributed by atoms with van der Waals surface area (Å²) in [6.07, 6.45) is 5.89. The first kappa shape index (κ1) is 13.3. The molecular weight excluding hydrogens is 244 g/mol. The van der Waals surface area contributed by atoms with Crippen LogP contribution in [0.5, 0.6) is 0 Å². The number of rotatable bonds is 2. The molecule has 0 spiro atoms. The summed E-state index contributed by atoms with van der Waals surface area (Å²) in [5.41, 5.74) is 2.57. The Bertz CT molecular complexity index is 501. The Morgan fingerprint density at radius 3 is 2.61 bits per heavy atom. The lowest BCUT2D eigenvalue weighted by Crippen LogP contribution is -2.36. The van der Waals surface area contributed by atoms with Crippen LogP contribution in [0, 0.1) is 18.5 Å². The fraction of sp³-hybridized carbons (Fsp3) is 0.571. The molecule has 2 rings (SSSR count). The maximum Gasteiger partial charge on any atom is 0.254 e. The van der Waals surface area contributed by atoms with Gasteiger partial charge >= 0.3 is 0 Å². The Balaban J connectivity index is 2.16. The lowest BCUT2D eigenvalue weighted by atomic mass is 9.95. The Morgan fingerprint density at radius 2 is 2.00 bits per heavy atom. The molecule has 4 heteroatoms. The molecule has 1 amide bonds. The first-order valence-electron chi connectivity index (χ1n) is 6.59. The van der Waals surface area contributed by atoms with Gasteiger partial charge in [0.1, 0.15) is 4.64 Å². The molecule has 1 aromatic rings. The highest BCUT2D eigenvalue weighted by atomic mass is 32.1. The Hall–Kier alpha value is -1.16. The number of carbonyl (C=O) groups is 1. The normalized spacial score (nSPS) is 16.6. The van der Waals surface area contributed by atoms with Gasteiger partial charge in [0.2, 0.25) is 0 Å². The van der Waals surface area contributed by atoms with Gasteiger partial charge in [-0.25, -0.2) is 0 Å². The SMILES string of the molecule is Cc1cc(C)c(C(=O)NC2CCCCC2)c(=S)[nH]1. The van der Waals surface area contributed by atoms with E-state index in [2.05, 4.69) is 10.3 Å². The summed E-state index contributed by atoms with van der Waals surface area (Å²) < 4.78 is 0.542. The number of aromatic amines is 1. The van der Waals surface area contributed by atoms with Crippen LogP contribution < -0.4 is 5.32 Å². The van der Waals surface area contributed by atoms with Gasteiger partial charge in [0, 0.05) is 11.7 Å². The molecule has 0 atom stereocenters. The minimum atomic E-state index is -0.0272. The lowest BCUT2D eigenvalue weighted by molar-refractivity contribution is 0.0926. The van der Waals surface area contributed by atoms with Crippen LogP contribution in [0.1, 0.15) is 53.7 Å². The van der Waals surface area contributed by atoms with Crippen molar-refractivity contribution in [1.82, 2.24) is 10.3 Å². The molecule has 18 heavy (non-hydrogen) atoms. The van der Waals surface area contributed by atoms with E-state index in [0.717, 1.165) is 24.1 Å². The Kier molecular flexibility index (Phi) is 4.17. The van der Waals surface area contributed by atoms with Gasteiger partial charge in [-0.1, -0.05) is 31.5 Å². The maximum absolute atomic E-state index is 12.3. The molecule has 1 aliphatic rings. The minimum absolute atomic E-state index is 0.0272. The highest BCUT2D eigenvalue weighted by molar-refractivity contribution is 7.71. The molecule has 0 saturated heterocycles. The number of aryl methyl sites for hydroxylation is 2. The molecular formula is C14H20N2OS. The van der Waals surface area contributed by atoms with Crippen LogP contribution in [0.25, 0.3) is 0 Å². The number of nitrogens with one attached hydrogen (secondary N) is 2. The van der Waals surface area contributed by atoms with Crippen molar-refractivity contribution in [2.75, 3.05) is 0 Å². The van der Waals surface area contributed by atoms with E-state index in [1.54, 1.807) is 0 Å². The van der Waals surface area contributed by atoms with Gasteiger partial charge in [0.25, 0.3) is 5.91 Å². The summed E-state index contributed by atoms with van der Waals surface area (Å²) in [4.78, 5) is 15.3.